The molecule has 0 atom stereocenters. The third kappa shape index (κ3) is 2.98. The summed E-state index contributed by atoms with van der Waals surface area (Å²) < 4.78 is 5.02. The SMILES string of the molecule is COc1cccc(C(=O)N(C)c2ccc(CN)cc2)c1O. The van der Waals surface area contributed by atoms with Gasteiger partial charge in [-0.3, -0.25) is 4.79 Å². The predicted octanol–water partition coefficient (Wildman–Crippen LogP) is 2.14. The highest BCUT2D eigenvalue weighted by atomic mass is 16.5. The van der Waals surface area contributed by atoms with Gasteiger partial charge in [0.2, 0.25) is 0 Å². The zero-order valence-electron chi connectivity index (χ0n) is 12.0. The molecule has 0 fully saturated rings. The van der Waals surface area contributed by atoms with Crippen molar-refractivity contribution in [3.63, 3.8) is 0 Å². The number of phenols is 1. The van der Waals surface area contributed by atoms with Crippen LogP contribution in [0.1, 0.15) is 15.9 Å². The monoisotopic (exact) mass is 286 g/mol. The number of aromatic hydroxyl groups is 1. The minimum absolute atomic E-state index is 0.157. The average Bonchev–Trinajstić information content (AvgIpc) is 2.54. The lowest BCUT2D eigenvalue weighted by atomic mass is 10.1. The number of phenolic OH excluding ortho intramolecular Hbond substituents is 1. The molecule has 0 unspecified atom stereocenters. The summed E-state index contributed by atoms with van der Waals surface area (Å²) in [4.78, 5) is 13.9. The van der Waals surface area contributed by atoms with E-state index in [9.17, 15) is 9.90 Å². The van der Waals surface area contributed by atoms with Gasteiger partial charge in [0.1, 0.15) is 0 Å². The highest BCUT2D eigenvalue weighted by Gasteiger charge is 2.19. The largest absolute Gasteiger partial charge is 0.504 e. The second kappa shape index (κ2) is 6.28. The molecule has 2 rings (SSSR count). The Morgan fingerprint density at radius 3 is 2.48 bits per heavy atom. The van der Waals surface area contributed by atoms with Crippen molar-refractivity contribution in [1.82, 2.24) is 0 Å². The van der Waals surface area contributed by atoms with Crippen LogP contribution in [0.25, 0.3) is 0 Å². The van der Waals surface area contributed by atoms with Gasteiger partial charge < -0.3 is 20.5 Å². The third-order valence-corrected chi connectivity index (χ3v) is 3.31. The second-order valence-electron chi connectivity index (χ2n) is 4.59. The maximum atomic E-state index is 12.5. The van der Waals surface area contributed by atoms with Crippen LogP contribution >= 0.6 is 0 Å². The highest BCUT2D eigenvalue weighted by Crippen LogP contribution is 2.30. The summed E-state index contributed by atoms with van der Waals surface area (Å²) in [6.07, 6.45) is 0. The number of benzene rings is 2. The van der Waals surface area contributed by atoms with Crippen LogP contribution in [0.4, 0.5) is 5.69 Å². The zero-order valence-corrected chi connectivity index (χ0v) is 12.0. The quantitative estimate of drug-likeness (QED) is 0.903. The number of nitrogens with zero attached hydrogens (tertiary/aromatic N) is 1. The van der Waals surface area contributed by atoms with Crippen LogP contribution in [0.5, 0.6) is 11.5 Å². The lowest BCUT2D eigenvalue weighted by Gasteiger charge is -2.19. The zero-order chi connectivity index (χ0) is 15.4. The van der Waals surface area contributed by atoms with Crippen LogP contribution in [-0.4, -0.2) is 25.2 Å². The van der Waals surface area contributed by atoms with Crippen molar-refractivity contribution in [1.29, 1.82) is 0 Å². The number of rotatable bonds is 4. The Labute approximate surface area is 123 Å². The standard InChI is InChI=1S/C16H18N2O3/c1-18(12-8-6-11(10-17)7-9-12)16(20)13-4-3-5-14(21-2)15(13)19/h3-9,19H,10,17H2,1-2H3. The molecule has 0 spiro atoms. The number of anilines is 1. The van der Waals surface area contributed by atoms with E-state index < -0.39 is 0 Å². The first-order valence-corrected chi connectivity index (χ1v) is 6.51. The van der Waals surface area contributed by atoms with Crippen LogP contribution < -0.4 is 15.4 Å². The van der Waals surface area contributed by atoms with Crippen molar-refractivity contribution in [3.05, 3.63) is 53.6 Å². The Hall–Kier alpha value is -2.53. The predicted molar refractivity (Wildman–Crippen MR) is 81.7 cm³/mol. The summed E-state index contributed by atoms with van der Waals surface area (Å²) in [5.41, 5.74) is 7.46. The molecule has 0 aliphatic carbocycles. The minimum atomic E-state index is -0.313. The molecule has 0 aromatic heterocycles. The number of para-hydroxylation sites is 1. The molecule has 3 N–H and O–H groups in total. The Morgan fingerprint density at radius 2 is 1.90 bits per heavy atom. The fourth-order valence-electron chi connectivity index (χ4n) is 2.01. The molecule has 1 amide bonds. The number of amides is 1. The van der Waals surface area contributed by atoms with Gasteiger partial charge in [-0.15, -0.1) is 0 Å². The number of ether oxygens (including phenoxy) is 1. The molecule has 2 aromatic rings. The number of carbonyl (C=O) groups excluding carboxylic acids is 1. The van der Waals surface area contributed by atoms with E-state index >= 15 is 0 Å². The van der Waals surface area contributed by atoms with E-state index in [1.807, 2.05) is 24.3 Å². The van der Waals surface area contributed by atoms with Gasteiger partial charge in [0.15, 0.2) is 11.5 Å². The van der Waals surface area contributed by atoms with Crippen molar-refractivity contribution in [3.8, 4) is 11.5 Å². The molecular weight excluding hydrogens is 268 g/mol. The molecule has 0 radical (unpaired) electrons. The number of nitrogens with two attached hydrogens (primary N) is 1. The topological polar surface area (TPSA) is 75.8 Å². The fraction of sp³-hybridized carbons (Fsp3) is 0.188. The van der Waals surface area contributed by atoms with Crippen molar-refractivity contribution < 1.29 is 14.6 Å². The summed E-state index contributed by atoms with van der Waals surface area (Å²) in [6, 6.07) is 12.2. The van der Waals surface area contributed by atoms with Gasteiger partial charge in [-0.05, 0) is 29.8 Å². The van der Waals surface area contributed by atoms with Crippen molar-refractivity contribution in [2.24, 2.45) is 5.73 Å². The molecule has 0 bridgehead atoms. The van der Waals surface area contributed by atoms with Gasteiger partial charge in [-0.25, -0.2) is 0 Å². The molecule has 0 heterocycles. The first-order chi connectivity index (χ1) is 10.1. The van der Waals surface area contributed by atoms with Gasteiger partial charge in [0.25, 0.3) is 5.91 Å². The molecule has 0 aliphatic heterocycles. The van der Waals surface area contributed by atoms with Crippen LogP contribution in [-0.2, 0) is 6.54 Å². The molecular formula is C16H18N2O3. The molecule has 110 valence electrons. The van der Waals surface area contributed by atoms with Crippen LogP contribution in [0.2, 0.25) is 0 Å². The first kappa shape index (κ1) is 14.9. The van der Waals surface area contributed by atoms with E-state index in [1.165, 1.54) is 12.0 Å². The summed E-state index contributed by atoms with van der Waals surface area (Å²) in [5.74, 6) is -0.199. The molecule has 5 heteroatoms. The average molecular weight is 286 g/mol. The van der Waals surface area contributed by atoms with E-state index in [0.717, 1.165) is 11.3 Å². The van der Waals surface area contributed by atoms with Gasteiger partial charge in [0, 0.05) is 19.3 Å². The third-order valence-electron chi connectivity index (χ3n) is 3.31. The number of carbonyl (C=O) groups is 1. The first-order valence-electron chi connectivity index (χ1n) is 6.51. The van der Waals surface area contributed by atoms with Crippen LogP contribution in [0, 0.1) is 0 Å². The lowest BCUT2D eigenvalue weighted by molar-refractivity contribution is 0.0990. The van der Waals surface area contributed by atoms with Crippen molar-refractivity contribution in [2.75, 3.05) is 19.1 Å². The summed E-state index contributed by atoms with van der Waals surface area (Å²) >= 11 is 0. The van der Waals surface area contributed by atoms with Gasteiger partial charge >= 0.3 is 0 Å². The summed E-state index contributed by atoms with van der Waals surface area (Å²) in [5, 5.41) is 10.0. The number of hydrogen-bond donors (Lipinski definition) is 2. The molecule has 21 heavy (non-hydrogen) atoms. The Morgan fingerprint density at radius 1 is 1.24 bits per heavy atom. The normalized spacial score (nSPS) is 10.2. The van der Waals surface area contributed by atoms with Crippen molar-refractivity contribution >= 4 is 11.6 Å². The highest BCUT2D eigenvalue weighted by molar-refractivity contribution is 6.07. The number of methoxy groups -OCH3 is 1. The fourth-order valence-corrected chi connectivity index (χ4v) is 2.01. The summed E-state index contributed by atoms with van der Waals surface area (Å²) in [6.45, 7) is 0.453. The van der Waals surface area contributed by atoms with Crippen LogP contribution in [0.3, 0.4) is 0 Å². The van der Waals surface area contributed by atoms with Gasteiger partial charge in [-0.1, -0.05) is 18.2 Å². The van der Waals surface area contributed by atoms with Crippen molar-refractivity contribution in [2.45, 2.75) is 6.54 Å². The molecule has 0 aliphatic rings. The molecule has 0 saturated heterocycles. The Kier molecular flexibility index (Phi) is 4.45. The van der Waals surface area contributed by atoms with E-state index in [4.69, 9.17) is 10.5 Å². The Bertz CT molecular complexity index is 638. The maximum Gasteiger partial charge on any atom is 0.261 e. The van der Waals surface area contributed by atoms with E-state index in [-0.39, 0.29) is 23.0 Å². The van der Waals surface area contributed by atoms with Gasteiger partial charge in [0.05, 0.1) is 12.7 Å². The molecule has 5 nitrogen and oxygen atoms in total. The molecule has 2 aromatic carbocycles. The lowest BCUT2D eigenvalue weighted by Crippen LogP contribution is -2.26. The second-order valence-corrected chi connectivity index (χ2v) is 4.59. The summed E-state index contributed by atoms with van der Waals surface area (Å²) in [7, 11) is 3.09. The Balaban J connectivity index is 2.30. The maximum absolute atomic E-state index is 12.5. The van der Waals surface area contributed by atoms with Gasteiger partial charge in [-0.2, -0.15) is 0 Å². The van der Waals surface area contributed by atoms with Crippen LogP contribution in [0.15, 0.2) is 42.5 Å². The minimum Gasteiger partial charge on any atom is -0.504 e. The van der Waals surface area contributed by atoms with E-state index in [1.54, 1.807) is 25.2 Å². The van der Waals surface area contributed by atoms with E-state index in [0.29, 0.717) is 6.54 Å². The smallest absolute Gasteiger partial charge is 0.261 e. The molecule has 0 saturated carbocycles. The van der Waals surface area contributed by atoms with E-state index in [2.05, 4.69) is 0 Å². The number of hydrogen-bond acceptors (Lipinski definition) is 4.